The highest BCUT2D eigenvalue weighted by Crippen LogP contribution is 2.22. The molecular weight excluding hydrogens is 212 g/mol. The van der Waals surface area contributed by atoms with Crippen LogP contribution < -0.4 is 15.8 Å². The van der Waals surface area contributed by atoms with Crippen molar-refractivity contribution in [3.8, 4) is 5.75 Å². The molecule has 1 aromatic rings. The van der Waals surface area contributed by atoms with Gasteiger partial charge in [0.25, 0.3) is 0 Å². The molecule has 1 aromatic carbocycles. The number of para-hydroxylation sites is 2. The van der Waals surface area contributed by atoms with E-state index in [1.165, 1.54) is 0 Å². The summed E-state index contributed by atoms with van der Waals surface area (Å²) in [5.41, 5.74) is 5.87. The van der Waals surface area contributed by atoms with E-state index in [-0.39, 0.29) is 17.3 Å². The van der Waals surface area contributed by atoms with Crippen LogP contribution in [0, 0.1) is 0 Å². The molecule has 3 N–H and O–H groups in total. The van der Waals surface area contributed by atoms with E-state index in [1.54, 1.807) is 25.3 Å². The molecule has 0 aliphatic carbocycles. The lowest BCUT2D eigenvalue weighted by Gasteiger charge is -2.08. The number of anilines is 1. The summed E-state index contributed by atoms with van der Waals surface area (Å²) in [4.78, 5) is 11.5. The molecule has 0 saturated carbocycles. The number of amides is 1. The van der Waals surface area contributed by atoms with Crippen molar-refractivity contribution >= 4 is 28.8 Å². The Hall–Kier alpha value is -1.62. The van der Waals surface area contributed by atoms with Crippen LogP contribution in [0.25, 0.3) is 0 Å². The van der Waals surface area contributed by atoms with Gasteiger partial charge in [-0.25, -0.2) is 0 Å². The van der Waals surface area contributed by atoms with Gasteiger partial charge in [-0.15, -0.1) is 0 Å². The zero-order valence-corrected chi connectivity index (χ0v) is 9.14. The van der Waals surface area contributed by atoms with Crippen molar-refractivity contribution < 1.29 is 9.53 Å². The fourth-order valence-corrected chi connectivity index (χ4v) is 1.23. The molecule has 0 atom stereocenters. The molecule has 0 aliphatic heterocycles. The maximum atomic E-state index is 11.4. The number of ether oxygens (including phenoxy) is 1. The molecule has 0 saturated heterocycles. The largest absolute Gasteiger partial charge is 0.495 e. The first-order chi connectivity index (χ1) is 7.13. The number of thiocarbonyl (C=S) groups is 1. The minimum absolute atomic E-state index is 0.0351. The molecule has 0 spiro atoms. The third-order valence-corrected chi connectivity index (χ3v) is 1.86. The molecular formula is C10H12N2O2S. The third kappa shape index (κ3) is 3.55. The molecule has 1 rings (SSSR count). The van der Waals surface area contributed by atoms with Gasteiger partial charge in [-0.1, -0.05) is 24.4 Å². The van der Waals surface area contributed by atoms with Crippen LogP contribution in [0.1, 0.15) is 6.42 Å². The van der Waals surface area contributed by atoms with Crippen LogP contribution in [-0.4, -0.2) is 18.0 Å². The van der Waals surface area contributed by atoms with Gasteiger partial charge in [-0.2, -0.15) is 0 Å². The highest BCUT2D eigenvalue weighted by Gasteiger charge is 2.07. The molecule has 0 aliphatic rings. The molecule has 1 amide bonds. The van der Waals surface area contributed by atoms with Crippen LogP contribution >= 0.6 is 12.2 Å². The topological polar surface area (TPSA) is 64.3 Å². The van der Waals surface area contributed by atoms with Crippen LogP contribution in [0.3, 0.4) is 0 Å². The van der Waals surface area contributed by atoms with Gasteiger partial charge in [0.1, 0.15) is 5.75 Å². The molecule has 5 heteroatoms. The number of methoxy groups -OCH3 is 1. The number of carbonyl (C=O) groups excluding carboxylic acids is 1. The summed E-state index contributed by atoms with van der Waals surface area (Å²) in [6.07, 6.45) is 0.0351. The van der Waals surface area contributed by atoms with E-state index in [0.29, 0.717) is 11.4 Å². The molecule has 0 bridgehead atoms. The molecule has 0 radical (unpaired) electrons. The normalized spacial score (nSPS) is 9.40. The van der Waals surface area contributed by atoms with Gasteiger partial charge in [0.05, 0.1) is 24.2 Å². The van der Waals surface area contributed by atoms with E-state index in [9.17, 15) is 4.79 Å². The lowest BCUT2D eigenvalue weighted by atomic mass is 10.3. The third-order valence-electron chi connectivity index (χ3n) is 1.72. The summed E-state index contributed by atoms with van der Waals surface area (Å²) in [6, 6.07) is 7.13. The number of nitrogens with two attached hydrogens (primary N) is 1. The number of rotatable bonds is 4. The van der Waals surface area contributed by atoms with Crippen molar-refractivity contribution in [2.75, 3.05) is 12.4 Å². The Kier molecular flexibility index (Phi) is 4.05. The van der Waals surface area contributed by atoms with Gasteiger partial charge >= 0.3 is 0 Å². The highest BCUT2D eigenvalue weighted by atomic mass is 32.1. The van der Waals surface area contributed by atoms with Gasteiger partial charge in [0.2, 0.25) is 5.91 Å². The average Bonchev–Trinajstić information content (AvgIpc) is 2.17. The van der Waals surface area contributed by atoms with Crippen molar-refractivity contribution in [3.63, 3.8) is 0 Å². The maximum absolute atomic E-state index is 11.4. The lowest BCUT2D eigenvalue weighted by Crippen LogP contribution is -2.20. The second-order valence-corrected chi connectivity index (χ2v) is 3.42. The fraction of sp³-hybridized carbons (Fsp3) is 0.200. The summed E-state index contributed by atoms with van der Waals surface area (Å²) in [6.45, 7) is 0. The van der Waals surface area contributed by atoms with Crippen molar-refractivity contribution in [3.05, 3.63) is 24.3 Å². The van der Waals surface area contributed by atoms with Crippen LogP contribution in [-0.2, 0) is 4.79 Å². The number of hydrogen-bond donors (Lipinski definition) is 2. The molecule has 80 valence electrons. The molecule has 0 unspecified atom stereocenters. The molecule has 0 heterocycles. The van der Waals surface area contributed by atoms with Crippen molar-refractivity contribution in [2.45, 2.75) is 6.42 Å². The van der Waals surface area contributed by atoms with Gasteiger partial charge in [0.15, 0.2) is 0 Å². The van der Waals surface area contributed by atoms with E-state index in [1.807, 2.05) is 6.07 Å². The zero-order valence-electron chi connectivity index (χ0n) is 8.32. The van der Waals surface area contributed by atoms with Crippen molar-refractivity contribution in [1.82, 2.24) is 0 Å². The van der Waals surface area contributed by atoms with Crippen LogP contribution in [0.15, 0.2) is 24.3 Å². The molecule has 4 nitrogen and oxygen atoms in total. The predicted molar refractivity (Wildman–Crippen MR) is 63.0 cm³/mol. The molecule has 15 heavy (non-hydrogen) atoms. The summed E-state index contributed by atoms with van der Waals surface area (Å²) >= 11 is 4.63. The van der Waals surface area contributed by atoms with Crippen molar-refractivity contribution in [1.29, 1.82) is 0 Å². The van der Waals surface area contributed by atoms with Gasteiger partial charge in [-0.05, 0) is 12.1 Å². The van der Waals surface area contributed by atoms with Crippen LogP contribution in [0.5, 0.6) is 5.75 Å². The van der Waals surface area contributed by atoms with Gasteiger partial charge in [0, 0.05) is 0 Å². The summed E-state index contributed by atoms with van der Waals surface area (Å²) in [7, 11) is 1.54. The number of nitrogens with one attached hydrogen (secondary N) is 1. The number of hydrogen-bond acceptors (Lipinski definition) is 3. The Labute approximate surface area is 93.4 Å². The second kappa shape index (κ2) is 5.31. The first-order valence-electron chi connectivity index (χ1n) is 4.34. The minimum atomic E-state index is -0.244. The quantitative estimate of drug-likeness (QED) is 0.757. The Morgan fingerprint density at radius 2 is 2.20 bits per heavy atom. The monoisotopic (exact) mass is 224 g/mol. The number of carbonyl (C=O) groups is 1. The maximum Gasteiger partial charge on any atom is 0.231 e. The smallest absolute Gasteiger partial charge is 0.231 e. The molecule has 0 fully saturated rings. The average molecular weight is 224 g/mol. The standard InChI is InChI=1S/C10H12N2O2S/c1-14-8-5-3-2-4-7(8)12-10(13)6-9(11)15/h2-5H,6H2,1H3,(H2,11,15)(H,12,13). The predicted octanol–water partition coefficient (Wildman–Crippen LogP) is 1.31. The summed E-state index contributed by atoms with van der Waals surface area (Å²) in [5.74, 6) is 0.362. The summed E-state index contributed by atoms with van der Waals surface area (Å²) in [5, 5.41) is 2.66. The van der Waals surface area contributed by atoms with E-state index < -0.39 is 0 Å². The van der Waals surface area contributed by atoms with E-state index in [4.69, 9.17) is 10.5 Å². The highest BCUT2D eigenvalue weighted by molar-refractivity contribution is 7.80. The fourth-order valence-electron chi connectivity index (χ4n) is 1.10. The molecule has 0 aromatic heterocycles. The first kappa shape index (κ1) is 11.5. The first-order valence-corrected chi connectivity index (χ1v) is 4.75. The Balaban J connectivity index is 2.71. The van der Waals surface area contributed by atoms with Crippen LogP contribution in [0.4, 0.5) is 5.69 Å². The second-order valence-electron chi connectivity index (χ2n) is 2.89. The van der Waals surface area contributed by atoms with E-state index in [0.717, 1.165) is 0 Å². The van der Waals surface area contributed by atoms with Gasteiger partial charge < -0.3 is 15.8 Å². The van der Waals surface area contributed by atoms with Gasteiger partial charge in [-0.3, -0.25) is 4.79 Å². The Bertz CT molecular complexity index is 379. The van der Waals surface area contributed by atoms with E-state index >= 15 is 0 Å². The van der Waals surface area contributed by atoms with Crippen LogP contribution in [0.2, 0.25) is 0 Å². The van der Waals surface area contributed by atoms with Crippen molar-refractivity contribution in [2.24, 2.45) is 5.73 Å². The SMILES string of the molecule is COc1ccccc1NC(=O)CC(N)=S. The Morgan fingerprint density at radius 1 is 1.53 bits per heavy atom. The minimum Gasteiger partial charge on any atom is -0.495 e. The lowest BCUT2D eigenvalue weighted by molar-refractivity contribution is -0.115. The Morgan fingerprint density at radius 3 is 2.80 bits per heavy atom. The summed E-state index contributed by atoms with van der Waals surface area (Å²) < 4.78 is 5.07. The number of benzene rings is 1. The zero-order chi connectivity index (χ0) is 11.3. The van der Waals surface area contributed by atoms with E-state index in [2.05, 4.69) is 17.5 Å².